The van der Waals surface area contributed by atoms with Crippen LogP contribution < -0.4 is 4.72 Å². The van der Waals surface area contributed by atoms with Crippen LogP contribution in [0.3, 0.4) is 0 Å². The van der Waals surface area contributed by atoms with Crippen molar-refractivity contribution in [3.8, 4) is 5.75 Å². The van der Waals surface area contributed by atoms with E-state index in [-0.39, 0.29) is 16.5 Å². The van der Waals surface area contributed by atoms with Gasteiger partial charge < -0.3 is 5.11 Å². The Balaban J connectivity index is 2.49. The maximum absolute atomic E-state index is 13.6. The summed E-state index contributed by atoms with van der Waals surface area (Å²) in [7, 11) is -4.18. The van der Waals surface area contributed by atoms with Gasteiger partial charge in [0.15, 0.2) is 11.6 Å². The second-order valence-corrected chi connectivity index (χ2v) is 7.21. The van der Waals surface area contributed by atoms with Crippen molar-refractivity contribution in [2.24, 2.45) is 0 Å². The van der Waals surface area contributed by atoms with Crippen molar-refractivity contribution in [3.05, 3.63) is 50.7 Å². The highest BCUT2D eigenvalue weighted by Gasteiger charge is 2.23. The van der Waals surface area contributed by atoms with Crippen molar-refractivity contribution in [1.29, 1.82) is 0 Å². The van der Waals surface area contributed by atoms with Crippen LogP contribution in [0.25, 0.3) is 0 Å². The van der Waals surface area contributed by atoms with Crippen LogP contribution in [0, 0.1) is 5.82 Å². The number of phenols is 1. The number of para-hydroxylation sites is 1. The summed E-state index contributed by atoms with van der Waals surface area (Å²) in [5, 5.41) is 8.87. The summed E-state index contributed by atoms with van der Waals surface area (Å²) in [6.07, 6.45) is 0. The largest absolute Gasteiger partial charge is 0.505 e. The van der Waals surface area contributed by atoms with Gasteiger partial charge in [-0.15, -0.1) is 0 Å². The van der Waals surface area contributed by atoms with Crippen molar-refractivity contribution in [3.63, 3.8) is 0 Å². The summed E-state index contributed by atoms with van der Waals surface area (Å²) < 4.78 is 40.5. The van der Waals surface area contributed by atoms with Crippen molar-refractivity contribution in [2.75, 3.05) is 4.72 Å². The third kappa shape index (κ3) is 3.26. The van der Waals surface area contributed by atoms with Crippen molar-refractivity contribution in [1.82, 2.24) is 0 Å². The molecule has 0 saturated carbocycles. The molecule has 0 radical (unpaired) electrons. The van der Waals surface area contributed by atoms with Gasteiger partial charge in [0, 0.05) is 0 Å². The second kappa shape index (κ2) is 6.00. The highest BCUT2D eigenvalue weighted by Crippen LogP contribution is 2.35. The fourth-order valence-electron chi connectivity index (χ4n) is 1.51. The zero-order valence-electron chi connectivity index (χ0n) is 10.1. The van der Waals surface area contributed by atoms with Gasteiger partial charge in [-0.25, -0.2) is 12.8 Å². The average Bonchev–Trinajstić information content (AvgIpc) is 2.41. The fourth-order valence-corrected chi connectivity index (χ4v) is 3.69. The molecule has 0 fully saturated rings. The Morgan fingerprint density at radius 1 is 1.19 bits per heavy atom. The van der Waals surface area contributed by atoms with E-state index in [1.54, 1.807) is 0 Å². The van der Waals surface area contributed by atoms with Crippen LogP contribution in [0.15, 0.2) is 39.7 Å². The molecule has 0 aliphatic carbocycles. The average molecular weight is 415 g/mol. The number of hydrogen-bond donors (Lipinski definition) is 2. The van der Waals surface area contributed by atoms with Crippen molar-refractivity contribution < 1.29 is 17.9 Å². The molecule has 0 spiro atoms. The molecule has 0 amide bonds. The Morgan fingerprint density at radius 2 is 1.86 bits per heavy atom. The van der Waals surface area contributed by atoms with Gasteiger partial charge in [0.05, 0.1) is 20.2 Å². The van der Waals surface area contributed by atoms with Crippen LogP contribution >= 0.6 is 39.1 Å². The third-order valence-corrected chi connectivity index (χ3v) is 5.34. The van der Waals surface area contributed by atoms with Gasteiger partial charge >= 0.3 is 0 Å². The van der Waals surface area contributed by atoms with E-state index in [9.17, 15) is 17.9 Å². The molecule has 9 heteroatoms. The summed E-state index contributed by atoms with van der Waals surface area (Å²) in [5.74, 6) is -1.33. The van der Waals surface area contributed by atoms with Crippen LogP contribution in [0.1, 0.15) is 0 Å². The van der Waals surface area contributed by atoms with E-state index in [2.05, 4.69) is 20.7 Å². The minimum Gasteiger partial charge on any atom is -0.505 e. The number of rotatable bonds is 3. The summed E-state index contributed by atoms with van der Waals surface area (Å²) in [6.45, 7) is 0. The Bertz CT molecular complexity index is 814. The standard InChI is InChI=1S/C12H7BrCl2FNO3S/c13-6-2-1-3-8(12(6)18)17-21(19,20)9-5-4-7(14)11(16)10(9)15/h1-5,17-18H. The summed E-state index contributed by atoms with van der Waals surface area (Å²) in [4.78, 5) is -0.481. The summed E-state index contributed by atoms with van der Waals surface area (Å²) >= 11 is 14.2. The number of benzene rings is 2. The highest BCUT2D eigenvalue weighted by atomic mass is 79.9. The minimum atomic E-state index is -4.18. The molecule has 4 nitrogen and oxygen atoms in total. The number of hydrogen-bond acceptors (Lipinski definition) is 3. The number of phenolic OH excluding ortho intramolecular Hbond substituents is 1. The van der Waals surface area contributed by atoms with Gasteiger partial charge in [0.25, 0.3) is 10.0 Å². The summed E-state index contributed by atoms with van der Waals surface area (Å²) in [5.41, 5.74) is -0.0733. The fraction of sp³-hybridized carbons (Fsp3) is 0. The van der Waals surface area contributed by atoms with Crippen LogP contribution in [0.4, 0.5) is 10.1 Å². The van der Waals surface area contributed by atoms with E-state index in [0.29, 0.717) is 4.47 Å². The van der Waals surface area contributed by atoms with Crippen LogP contribution in [-0.4, -0.2) is 13.5 Å². The molecule has 2 aromatic carbocycles. The molecule has 0 aromatic heterocycles. The van der Waals surface area contributed by atoms with E-state index in [1.165, 1.54) is 18.2 Å². The van der Waals surface area contributed by atoms with E-state index in [4.69, 9.17) is 23.2 Å². The van der Waals surface area contributed by atoms with Crippen LogP contribution in [0.5, 0.6) is 5.75 Å². The van der Waals surface area contributed by atoms with Gasteiger partial charge in [-0.3, -0.25) is 4.72 Å². The number of anilines is 1. The first kappa shape index (κ1) is 16.4. The third-order valence-electron chi connectivity index (χ3n) is 2.52. The molecule has 0 aliphatic rings. The Labute approximate surface area is 138 Å². The molecular formula is C12H7BrCl2FNO3S. The number of nitrogens with one attached hydrogen (secondary N) is 1. The lowest BCUT2D eigenvalue weighted by molar-refractivity contribution is 0.474. The van der Waals surface area contributed by atoms with Crippen molar-refractivity contribution in [2.45, 2.75) is 4.90 Å². The van der Waals surface area contributed by atoms with E-state index < -0.39 is 25.8 Å². The lowest BCUT2D eigenvalue weighted by Crippen LogP contribution is -2.14. The molecule has 0 saturated heterocycles. The molecule has 0 aliphatic heterocycles. The molecule has 0 unspecified atom stereocenters. The Hall–Kier alpha value is -1.02. The minimum absolute atomic E-state index is 0.0733. The molecule has 0 heterocycles. The molecule has 2 N–H and O–H groups in total. The highest BCUT2D eigenvalue weighted by molar-refractivity contribution is 9.10. The first-order chi connectivity index (χ1) is 9.74. The maximum atomic E-state index is 13.6. The van der Waals surface area contributed by atoms with Crippen molar-refractivity contribution >= 4 is 54.8 Å². The molecule has 0 bridgehead atoms. The van der Waals surface area contributed by atoms with Crippen LogP contribution in [0.2, 0.25) is 10.0 Å². The quantitative estimate of drug-likeness (QED) is 0.577. The normalized spacial score (nSPS) is 11.4. The summed E-state index contributed by atoms with van der Waals surface area (Å²) in [6, 6.07) is 6.55. The molecule has 21 heavy (non-hydrogen) atoms. The van der Waals surface area contributed by atoms with E-state index >= 15 is 0 Å². The molecule has 112 valence electrons. The SMILES string of the molecule is O=S(=O)(Nc1cccc(Br)c1O)c1ccc(Cl)c(F)c1Cl. The zero-order chi connectivity index (χ0) is 15.8. The smallest absolute Gasteiger partial charge is 0.263 e. The van der Waals surface area contributed by atoms with Gasteiger partial charge in [-0.05, 0) is 40.2 Å². The van der Waals surface area contributed by atoms with Gasteiger partial charge in [-0.1, -0.05) is 29.3 Å². The predicted molar refractivity (Wildman–Crippen MR) is 83.0 cm³/mol. The Morgan fingerprint density at radius 3 is 2.52 bits per heavy atom. The molecular weight excluding hydrogens is 408 g/mol. The Kier molecular flexibility index (Phi) is 4.67. The van der Waals surface area contributed by atoms with Gasteiger partial charge in [0.2, 0.25) is 0 Å². The maximum Gasteiger partial charge on any atom is 0.263 e. The van der Waals surface area contributed by atoms with E-state index in [1.807, 2.05) is 0 Å². The topological polar surface area (TPSA) is 66.4 Å². The number of halogens is 4. The first-order valence-electron chi connectivity index (χ1n) is 5.38. The van der Waals surface area contributed by atoms with E-state index in [0.717, 1.165) is 12.1 Å². The van der Waals surface area contributed by atoms with Gasteiger partial charge in [0.1, 0.15) is 4.90 Å². The first-order valence-corrected chi connectivity index (χ1v) is 8.41. The number of aromatic hydroxyl groups is 1. The number of sulfonamides is 1. The monoisotopic (exact) mass is 413 g/mol. The van der Waals surface area contributed by atoms with Crippen LogP contribution in [-0.2, 0) is 10.0 Å². The second-order valence-electron chi connectivity index (χ2n) is 3.91. The molecule has 0 atom stereocenters. The lowest BCUT2D eigenvalue weighted by Gasteiger charge is -2.12. The van der Waals surface area contributed by atoms with Gasteiger partial charge in [-0.2, -0.15) is 0 Å². The predicted octanol–water partition coefficient (Wildman–Crippen LogP) is 4.40. The lowest BCUT2D eigenvalue weighted by atomic mass is 10.3. The molecule has 2 aromatic rings. The zero-order valence-corrected chi connectivity index (χ0v) is 14.0. The molecule has 2 rings (SSSR count).